The van der Waals surface area contributed by atoms with Gasteiger partial charge in [-0.05, 0) is 41.3 Å². The molecule has 0 unspecified atom stereocenters. The minimum absolute atomic E-state index is 0.389. The third kappa shape index (κ3) is 5.78. The molecule has 2 nitrogen and oxygen atoms in total. The van der Waals surface area contributed by atoms with Crippen molar-refractivity contribution in [3.8, 4) is 11.1 Å². The smallest absolute Gasteiger partial charge is 0.416 e. The van der Waals surface area contributed by atoms with Gasteiger partial charge in [-0.15, -0.1) is 0 Å². The zero-order valence-corrected chi connectivity index (χ0v) is 13.8. The van der Waals surface area contributed by atoms with Gasteiger partial charge >= 0.3 is 12.1 Å². The van der Waals surface area contributed by atoms with Crippen LogP contribution in [0.5, 0.6) is 0 Å². The van der Waals surface area contributed by atoms with Crippen LogP contribution in [-0.2, 0) is 15.7 Å². The molecule has 2 rings (SSSR count). The molecular weight excluding hydrogens is 329 g/mol. The van der Waals surface area contributed by atoms with Crippen LogP contribution >= 0.6 is 0 Å². The van der Waals surface area contributed by atoms with Crippen molar-refractivity contribution >= 4 is 12.0 Å². The Bertz CT molecular complexity index is 714. The van der Waals surface area contributed by atoms with Crippen molar-refractivity contribution in [3.63, 3.8) is 0 Å². The Balaban J connectivity index is 2.01. The van der Waals surface area contributed by atoms with E-state index in [4.69, 9.17) is 4.74 Å². The Morgan fingerprint density at radius 2 is 1.56 bits per heavy atom. The number of carbonyl (C=O) groups is 1. The average molecular weight is 348 g/mol. The first-order chi connectivity index (χ1) is 11.9. The molecular formula is C20H19F3O2. The molecule has 0 fully saturated rings. The number of esters is 1. The van der Waals surface area contributed by atoms with Crippen molar-refractivity contribution in [1.82, 2.24) is 0 Å². The van der Waals surface area contributed by atoms with Crippen LogP contribution in [0.1, 0.15) is 30.9 Å². The standard InChI is InChI=1S/C20H19F3O2/c1-2-3-14-25-19(24)13-6-15-4-7-16(8-5-15)17-9-11-18(12-10-17)20(21,22)23/h4-13H,2-3,14H2,1H3/b13-6+. The van der Waals surface area contributed by atoms with Gasteiger partial charge in [0.15, 0.2) is 0 Å². The number of ether oxygens (including phenoxy) is 1. The lowest BCUT2D eigenvalue weighted by atomic mass is 10.0. The van der Waals surface area contributed by atoms with Crippen LogP contribution in [0.25, 0.3) is 17.2 Å². The third-order valence-corrected chi connectivity index (χ3v) is 3.61. The maximum atomic E-state index is 12.6. The molecule has 2 aromatic carbocycles. The van der Waals surface area contributed by atoms with Crippen LogP contribution in [0.3, 0.4) is 0 Å². The van der Waals surface area contributed by atoms with Gasteiger partial charge < -0.3 is 4.74 Å². The van der Waals surface area contributed by atoms with E-state index in [1.807, 2.05) is 6.92 Å². The first kappa shape index (κ1) is 18.8. The highest BCUT2D eigenvalue weighted by atomic mass is 19.4. The van der Waals surface area contributed by atoms with Crippen molar-refractivity contribution < 1.29 is 22.7 Å². The van der Waals surface area contributed by atoms with Crippen LogP contribution in [-0.4, -0.2) is 12.6 Å². The number of benzene rings is 2. The second-order valence-corrected chi connectivity index (χ2v) is 5.55. The van der Waals surface area contributed by atoms with Gasteiger partial charge in [-0.25, -0.2) is 4.79 Å². The zero-order chi connectivity index (χ0) is 18.3. The van der Waals surface area contributed by atoms with Crippen molar-refractivity contribution in [2.75, 3.05) is 6.61 Å². The molecule has 2 aromatic rings. The largest absolute Gasteiger partial charge is 0.463 e. The van der Waals surface area contributed by atoms with E-state index in [-0.39, 0.29) is 5.97 Å². The van der Waals surface area contributed by atoms with Gasteiger partial charge in [-0.1, -0.05) is 49.7 Å². The molecule has 0 aliphatic heterocycles. The number of alkyl halides is 3. The van der Waals surface area contributed by atoms with Gasteiger partial charge in [0.1, 0.15) is 0 Å². The molecule has 0 aliphatic rings. The zero-order valence-electron chi connectivity index (χ0n) is 13.8. The van der Waals surface area contributed by atoms with Crippen molar-refractivity contribution in [2.24, 2.45) is 0 Å². The molecule has 0 saturated heterocycles. The SMILES string of the molecule is CCCCOC(=O)/C=C/c1ccc(-c2ccc(C(F)(F)F)cc2)cc1. The van der Waals surface area contributed by atoms with Gasteiger partial charge in [0.05, 0.1) is 12.2 Å². The summed E-state index contributed by atoms with van der Waals surface area (Å²) in [6, 6.07) is 12.2. The summed E-state index contributed by atoms with van der Waals surface area (Å²) in [5.74, 6) is -0.389. The van der Waals surface area contributed by atoms with Gasteiger partial charge in [-0.3, -0.25) is 0 Å². The lowest BCUT2D eigenvalue weighted by Gasteiger charge is -2.08. The maximum absolute atomic E-state index is 12.6. The van der Waals surface area contributed by atoms with Gasteiger partial charge in [0, 0.05) is 6.08 Å². The lowest BCUT2D eigenvalue weighted by molar-refractivity contribution is -0.138. The van der Waals surface area contributed by atoms with Crippen LogP contribution in [0.4, 0.5) is 13.2 Å². The number of rotatable bonds is 6. The molecule has 0 spiro atoms. The summed E-state index contributed by atoms with van der Waals surface area (Å²) in [6.45, 7) is 2.43. The summed E-state index contributed by atoms with van der Waals surface area (Å²) < 4.78 is 42.8. The fourth-order valence-electron chi connectivity index (χ4n) is 2.17. The average Bonchev–Trinajstić information content (AvgIpc) is 2.60. The quantitative estimate of drug-likeness (QED) is 0.379. The van der Waals surface area contributed by atoms with E-state index in [2.05, 4.69) is 0 Å². The molecule has 5 heteroatoms. The molecule has 25 heavy (non-hydrogen) atoms. The van der Waals surface area contributed by atoms with Crippen molar-refractivity contribution in [3.05, 3.63) is 65.7 Å². The Kier molecular flexibility index (Phi) is 6.39. The normalized spacial score (nSPS) is 11.7. The highest BCUT2D eigenvalue weighted by Crippen LogP contribution is 2.31. The minimum atomic E-state index is -4.33. The number of carbonyl (C=O) groups excluding carboxylic acids is 1. The molecule has 0 atom stereocenters. The van der Waals surface area contributed by atoms with Crippen LogP contribution < -0.4 is 0 Å². The third-order valence-electron chi connectivity index (χ3n) is 3.61. The molecule has 0 N–H and O–H groups in total. The fourth-order valence-corrected chi connectivity index (χ4v) is 2.17. The van der Waals surface area contributed by atoms with Crippen molar-refractivity contribution in [1.29, 1.82) is 0 Å². The number of hydrogen-bond acceptors (Lipinski definition) is 2. The van der Waals surface area contributed by atoms with E-state index in [0.717, 1.165) is 36.1 Å². The second kappa shape index (κ2) is 8.51. The fraction of sp³-hybridized carbons (Fsp3) is 0.250. The lowest BCUT2D eigenvalue weighted by Crippen LogP contribution is -2.03. The van der Waals surface area contributed by atoms with E-state index in [1.54, 1.807) is 30.3 Å². The summed E-state index contributed by atoms with van der Waals surface area (Å²) in [5, 5.41) is 0. The molecule has 0 aromatic heterocycles. The maximum Gasteiger partial charge on any atom is 0.416 e. The number of hydrogen-bond donors (Lipinski definition) is 0. The van der Waals surface area contributed by atoms with Crippen LogP contribution in [0.2, 0.25) is 0 Å². The Morgan fingerprint density at radius 3 is 2.08 bits per heavy atom. The van der Waals surface area contributed by atoms with E-state index in [0.29, 0.717) is 12.2 Å². The number of halogens is 3. The molecule has 0 amide bonds. The highest BCUT2D eigenvalue weighted by Gasteiger charge is 2.29. The Hall–Kier alpha value is -2.56. The van der Waals surface area contributed by atoms with Crippen molar-refractivity contribution in [2.45, 2.75) is 25.9 Å². The van der Waals surface area contributed by atoms with E-state index < -0.39 is 11.7 Å². The molecule has 0 aliphatic carbocycles. The summed E-state index contributed by atoms with van der Waals surface area (Å²) >= 11 is 0. The van der Waals surface area contributed by atoms with Gasteiger partial charge in [-0.2, -0.15) is 13.2 Å². The van der Waals surface area contributed by atoms with E-state index in [1.165, 1.54) is 18.2 Å². The first-order valence-electron chi connectivity index (χ1n) is 8.02. The monoisotopic (exact) mass is 348 g/mol. The van der Waals surface area contributed by atoms with E-state index >= 15 is 0 Å². The molecule has 0 bridgehead atoms. The van der Waals surface area contributed by atoms with Crippen LogP contribution in [0, 0.1) is 0 Å². The summed E-state index contributed by atoms with van der Waals surface area (Å²) in [7, 11) is 0. The van der Waals surface area contributed by atoms with E-state index in [9.17, 15) is 18.0 Å². The predicted molar refractivity (Wildman–Crippen MR) is 91.8 cm³/mol. The van der Waals surface area contributed by atoms with Gasteiger partial charge in [0.25, 0.3) is 0 Å². The topological polar surface area (TPSA) is 26.3 Å². The molecule has 0 radical (unpaired) electrons. The number of unbranched alkanes of at least 4 members (excludes halogenated alkanes) is 1. The molecule has 132 valence electrons. The highest BCUT2D eigenvalue weighted by molar-refractivity contribution is 5.87. The predicted octanol–water partition coefficient (Wildman–Crippen LogP) is 5.73. The molecule has 0 heterocycles. The first-order valence-corrected chi connectivity index (χ1v) is 8.02. The Morgan fingerprint density at radius 1 is 1.00 bits per heavy atom. The Labute approximate surface area is 144 Å². The summed E-state index contributed by atoms with van der Waals surface area (Å²) in [5.41, 5.74) is 1.64. The van der Waals surface area contributed by atoms with Crippen LogP contribution in [0.15, 0.2) is 54.6 Å². The molecule has 0 saturated carbocycles. The summed E-state index contributed by atoms with van der Waals surface area (Å²) in [6.07, 6.45) is 0.469. The minimum Gasteiger partial charge on any atom is -0.463 e. The van der Waals surface area contributed by atoms with Gasteiger partial charge in [0.2, 0.25) is 0 Å². The second-order valence-electron chi connectivity index (χ2n) is 5.55. The summed E-state index contributed by atoms with van der Waals surface area (Å²) in [4.78, 5) is 11.5.